The molecule has 0 aliphatic rings. The van der Waals surface area contributed by atoms with Crippen LogP contribution in [0.3, 0.4) is 0 Å². The van der Waals surface area contributed by atoms with Gasteiger partial charge in [0.05, 0.1) is 0 Å². The Bertz CT molecular complexity index is 564. The van der Waals surface area contributed by atoms with Crippen molar-refractivity contribution >= 4 is 21.6 Å². The number of aryl methyl sites for hydroxylation is 2. The molecule has 0 bridgehead atoms. The third-order valence-corrected chi connectivity index (χ3v) is 3.60. The molecule has 0 fully saturated rings. The molecular formula is C15H16BrNO. The highest BCUT2D eigenvalue weighted by Crippen LogP contribution is 2.26. The average molecular weight is 306 g/mol. The van der Waals surface area contributed by atoms with E-state index in [-0.39, 0.29) is 0 Å². The van der Waals surface area contributed by atoms with Gasteiger partial charge in [0.15, 0.2) is 0 Å². The first-order valence-electron chi connectivity index (χ1n) is 5.85. The number of benzene rings is 2. The zero-order valence-electron chi connectivity index (χ0n) is 10.5. The fourth-order valence-corrected chi connectivity index (χ4v) is 2.21. The van der Waals surface area contributed by atoms with Gasteiger partial charge in [-0.3, -0.25) is 0 Å². The average Bonchev–Trinajstić information content (AvgIpc) is 2.35. The van der Waals surface area contributed by atoms with Crippen LogP contribution in [0.25, 0.3) is 0 Å². The highest BCUT2D eigenvalue weighted by molar-refractivity contribution is 9.10. The van der Waals surface area contributed by atoms with E-state index in [1.54, 1.807) is 0 Å². The van der Waals surface area contributed by atoms with Gasteiger partial charge >= 0.3 is 0 Å². The van der Waals surface area contributed by atoms with Crippen LogP contribution in [0.15, 0.2) is 40.9 Å². The van der Waals surface area contributed by atoms with Crippen molar-refractivity contribution in [3.63, 3.8) is 0 Å². The van der Waals surface area contributed by atoms with Gasteiger partial charge in [0, 0.05) is 22.3 Å². The summed E-state index contributed by atoms with van der Waals surface area (Å²) in [4.78, 5) is 0. The quantitative estimate of drug-likeness (QED) is 0.882. The zero-order chi connectivity index (χ0) is 13.1. The first-order valence-corrected chi connectivity index (χ1v) is 6.64. The molecule has 0 spiro atoms. The van der Waals surface area contributed by atoms with Gasteiger partial charge in [0.25, 0.3) is 0 Å². The fraction of sp³-hybridized carbons (Fsp3) is 0.200. The lowest BCUT2D eigenvalue weighted by Gasteiger charge is -2.11. The van der Waals surface area contributed by atoms with E-state index < -0.39 is 0 Å². The Morgan fingerprint density at radius 3 is 2.72 bits per heavy atom. The Hall–Kier alpha value is -1.48. The number of nitrogens with one attached hydrogen (secondary N) is 1. The molecule has 0 unspecified atom stereocenters. The highest BCUT2D eigenvalue weighted by Gasteiger charge is 2.05. The number of para-hydroxylation sites is 1. The number of phenols is 1. The van der Waals surface area contributed by atoms with Gasteiger partial charge in [-0.2, -0.15) is 0 Å². The molecule has 3 heteroatoms. The van der Waals surface area contributed by atoms with Crippen LogP contribution in [0.4, 0.5) is 5.69 Å². The molecule has 0 saturated heterocycles. The first-order chi connectivity index (χ1) is 8.58. The molecule has 0 amide bonds. The summed E-state index contributed by atoms with van der Waals surface area (Å²) >= 11 is 3.51. The highest BCUT2D eigenvalue weighted by atomic mass is 79.9. The number of halogens is 1. The number of hydrogen-bond acceptors (Lipinski definition) is 2. The maximum absolute atomic E-state index is 9.95. The maximum atomic E-state index is 9.95. The number of anilines is 1. The molecule has 2 aromatic rings. The Morgan fingerprint density at radius 2 is 1.94 bits per heavy atom. The second kappa shape index (κ2) is 5.44. The van der Waals surface area contributed by atoms with Crippen LogP contribution in [0, 0.1) is 13.8 Å². The number of hydrogen-bond donors (Lipinski definition) is 2. The van der Waals surface area contributed by atoms with Gasteiger partial charge in [-0.15, -0.1) is 0 Å². The molecule has 18 heavy (non-hydrogen) atoms. The molecule has 94 valence electrons. The maximum Gasteiger partial charge on any atom is 0.123 e. The SMILES string of the molecule is Cc1ccc(Br)c(NCc2cccc(C)c2O)c1. The minimum Gasteiger partial charge on any atom is -0.507 e. The van der Waals surface area contributed by atoms with Crippen LogP contribution < -0.4 is 5.32 Å². The molecule has 2 N–H and O–H groups in total. The van der Waals surface area contributed by atoms with E-state index in [0.717, 1.165) is 21.3 Å². The molecule has 0 aliphatic carbocycles. The van der Waals surface area contributed by atoms with Crippen LogP contribution >= 0.6 is 15.9 Å². The molecule has 0 aliphatic heterocycles. The molecule has 2 rings (SSSR count). The standard InChI is InChI=1S/C15H16BrNO/c1-10-6-7-13(16)14(8-10)17-9-12-5-3-4-11(2)15(12)18/h3-8,17-18H,9H2,1-2H3. The second-order valence-corrected chi connectivity index (χ2v) is 5.27. The van der Waals surface area contributed by atoms with Gasteiger partial charge in [-0.25, -0.2) is 0 Å². The molecule has 2 aromatic carbocycles. The second-order valence-electron chi connectivity index (χ2n) is 4.42. The molecule has 0 radical (unpaired) electrons. The minimum atomic E-state index is 0.369. The van der Waals surface area contributed by atoms with E-state index >= 15 is 0 Å². The normalized spacial score (nSPS) is 10.4. The molecule has 0 saturated carbocycles. The van der Waals surface area contributed by atoms with Crippen molar-refractivity contribution < 1.29 is 5.11 Å². The van der Waals surface area contributed by atoms with Crippen molar-refractivity contribution in [1.82, 2.24) is 0 Å². The Kier molecular flexibility index (Phi) is 3.92. The summed E-state index contributed by atoms with van der Waals surface area (Å²) in [6.45, 7) is 4.57. The lowest BCUT2D eigenvalue weighted by Crippen LogP contribution is -2.01. The van der Waals surface area contributed by atoms with E-state index in [1.165, 1.54) is 5.56 Å². The minimum absolute atomic E-state index is 0.369. The van der Waals surface area contributed by atoms with Gasteiger partial charge in [0.2, 0.25) is 0 Å². The zero-order valence-corrected chi connectivity index (χ0v) is 12.1. The van der Waals surface area contributed by atoms with Crippen molar-refractivity contribution in [2.24, 2.45) is 0 Å². The number of aromatic hydroxyl groups is 1. The van der Waals surface area contributed by atoms with Gasteiger partial charge in [-0.05, 0) is 53.0 Å². The monoisotopic (exact) mass is 305 g/mol. The van der Waals surface area contributed by atoms with Crippen LogP contribution in [-0.4, -0.2) is 5.11 Å². The van der Waals surface area contributed by atoms with Crippen LogP contribution in [0.5, 0.6) is 5.75 Å². The third kappa shape index (κ3) is 2.85. The van der Waals surface area contributed by atoms with Gasteiger partial charge < -0.3 is 10.4 Å². The van der Waals surface area contributed by atoms with Gasteiger partial charge in [-0.1, -0.05) is 24.3 Å². The lowest BCUT2D eigenvalue weighted by atomic mass is 10.1. The molecule has 0 aromatic heterocycles. The van der Waals surface area contributed by atoms with Crippen molar-refractivity contribution in [1.29, 1.82) is 0 Å². The Morgan fingerprint density at radius 1 is 1.17 bits per heavy atom. The fourth-order valence-electron chi connectivity index (χ4n) is 1.83. The van der Waals surface area contributed by atoms with Gasteiger partial charge in [0.1, 0.15) is 5.75 Å². The van der Waals surface area contributed by atoms with Crippen LogP contribution in [0.2, 0.25) is 0 Å². The third-order valence-electron chi connectivity index (χ3n) is 2.91. The summed E-state index contributed by atoms with van der Waals surface area (Å²) in [6, 6.07) is 11.9. The molecule has 2 nitrogen and oxygen atoms in total. The lowest BCUT2D eigenvalue weighted by molar-refractivity contribution is 0.465. The van der Waals surface area contributed by atoms with E-state index in [2.05, 4.69) is 40.3 Å². The van der Waals surface area contributed by atoms with E-state index in [4.69, 9.17) is 0 Å². The molecular weight excluding hydrogens is 290 g/mol. The van der Waals surface area contributed by atoms with E-state index in [9.17, 15) is 5.11 Å². The van der Waals surface area contributed by atoms with Crippen molar-refractivity contribution in [2.75, 3.05) is 5.32 Å². The largest absolute Gasteiger partial charge is 0.507 e. The van der Waals surface area contributed by atoms with E-state index in [1.807, 2.05) is 31.2 Å². The van der Waals surface area contributed by atoms with E-state index in [0.29, 0.717) is 12.3 Å². The summed E-state index contributed by atoms with van der Waals surface area (Å²) < 4.78 is 1.03. The summed E-state index contributed by atoms with van der Waals surface area (Å²) in [5.41, 5.74) is 4.05. The summed E-state index contributed by atoms with van der Waals surface area (Å²) in [5.74, 6) is 0.369. The van der Waals surface area contributed by atoms with Crippen molar-refractivity contribution in [3.8, 4) is 5.75 Å². The summed E-state index contributed by atoms with van der Waals surface area (Å²) in [5, 5.41) is 13.3. The molecule has 0 atom stereocenters. The Labute approximate surface area is 116 Å². The summed E-state index contributed by atoms with van der Waals surface area (Å²) in [7, 11) is 0. The van der Waals surface area contributed by atoms with Crippen molar-refractivity contribution in [2.45, 2.75) is 20.4 Å². The van der Waals surface area contributed by atoms with Crippen LogP contribution in [0.1, 0.15) is 16.7 Å². The first kappa shape index (κ1) is 13.0. The molecule has 0 heterocycles. The van der Waals surface area contributed by atoms with Crippen LogP contribution in [-0.2, 0) is 6.54 Å². The summed E-state index contributed by atoms with van der Waals surface area (Å²) in [6.07, 6.45) is 0. The topological polar surface area (TPSA) is 32.3 Å². The van der Waals surface area contributed by atoms with Crippen molar-refractivity contribution in [3.05, 3.63) is 57.6 Å². The smallest absolute Gasteiger partial charge is 0.123 e. The number of rotatable bonds is 3. The predicted octanol–water partition coefficient (Wildman–Crippen LogP) is 4.38. The predicted molar refractivity (Wildman–Crippen MR) is 79.0 cm³/mol. The number of phenolic OH excluding ortho intramolecular Hbond substituents is 1. The Balaban J connectivity index is 2.16.